The number of piperidine rings is 1. The van der Waals surface area contributed by atoms with Crippen molar-refractivity contribution in [2.75, 3.05) is 34.2 Å². The molecule has 2 rings (SSSR count). The Hall–Kier alpha value is -0.120. The summed E-state index contributed by atoms with van der Waals surface area (Å²) < 4.78 is 0. The van der Waals surface area contributed by atoms with Gasteiger partial charge in [0, 0.05) is 25.0 Å². The molecule has 1 N–H and O–H groups in total. The first-order valence-electron chi connectivity index (χ1n) is 5.62. The van der Waals surface area contributed by atoms with Gasteiger partial charge >= 0.3 is 0 Å². The molecule has 1 saturated heterocycles. The van der Waals surface area contributed by atoms with Crippen LogP contribution in [0.15, 0.2) is 0 Å². The number of rotatable bonds is 1. The molecular weight excluding hydrogens is 176 g/mol. The lowest BCUT2D eigenvalue weighted by molar-refractivity contribution is -0.0757. The van der Waals surface area contributed by atoms with Crippen LogP contribution < -0.4 is 0 Å². The van der Waals surface area contributed by atoms with Gasteiger partial charge in [-0.1, -0.05) is 0 Å². The minimum absolute atomic E-state index is 0.0626. The van der Waals surface area contributed by atoms with Crippen molar-refractivity contribution < 1.29 is 5.11 Å². The zero-order valence-electron chi connectivity index (χ0n) is 9.48. The van der Waals surface area contributed by atoms with E-state index in [-0.39, 0.29) is 6.10 Å². The Labute approximate surface area is 86.7 Å². The maximum atomic E-state index is 10.2. The van der Waals surface area contributed by atoms with Crippen LogP contribution in [-0.2, 0) is 0 Å². The molecule has 0 amide bonds. The van der Waals surface area contributed by atoms with Crippen LogP contribution in [0.2, 0.25) is 0 Å². The minimum atomic E-state index is -0.0626. The van der Waals surface area contributed by atoms with Crippen LogP contribution in [0.4, 0.5) is 0 Å². The van der Waals surface area contributed by atoms with Crippen LogP contribution in [0.1, 0.15) is 12.8 Å². The van der Waals surface area contributed by atoms with Crippen LogP contribution in [0.25, 0.3) is 0 Å². The van der Waals surface area contributed by atoms with Gasteiger partial charge in [-0.05, 0) is 39.9 Å². The summed E-state index contributed by atoms with van der Waals surface area (Å²) in [5, 5.41) is 10.2. The number of hydrogen-bond acceptors (Lipinski definition) is 3. The zero-order chi connectivity index (χ0) is 10.3. The van der Waals surface area contributed by atoms with Gasteiger partial charge in [0.05, 0.1) is 6.10 Å². The number of aliphatic hydroxyl groups is 1. The normalized spacial score (nSPS) is 44.4. The third kappa shape index (κ3) is 1.69. The second-order valence-electron chi connectivity index (χ2n) is 5.24. The van der Waals surface area contributed by atoms with Gasteiger partial charge in [-0.2, -0.15) is 0 Å². The van der Waals surface area contributed by atoms with Gasteiger partial charge < -0.3 is 14.9 Å². The van der Waals surface area contributed by atoms with Crippen molar-refractivity contribution in [3.05, 3.63) is 0 Å². The molecule has 1 aliphatic carbocycles. The lowest BCUT2D eigenvalue weighted by Gasteiger charge is -2.49. The molecule has 0 radical (unpaired) electrons. The standard InChI is InChI=1S/C11H22N2O/c1-12(2)10-5-4-8-6-13(3)7-9(10)11(8)14/h8-11,14H,4-7H2,1-3H3/t8?,9?,10-,11?/m0/s1. The molecule has 1 aliphatic heterocycles. The van der Waals surface area contributed by atoms with E-state index in [1.54, 1.807) is 0 Å². The van der Waals surface area contributed by atoms with Crippen LogP contribution in [0.3, 0.4) is 0 Å². The Balaban J connectivity index is 2.12. The summed E-state index contributed by atoms with van der Waals surface area (Å²) in [6.45, 7) is 2.14. The quantitative estimate of drug-likeness (QED) is 0.654. The SMILES string of the molecule is CN1CC2CC[C@H](N(C)C)C(C1)C2O. The predicted molar refractivity (Wildman–Crippen MR) is 57.2 cm³/mol. The molecule has 2 bridgehead atoms. The molecule has 82 valence electrons. The van der Waals surface area contributed by atoms with Gasteiger partial charge in [0.25, 0.3) is 0 Å². The summed E-state index contributed by atoms with van der Waals surface area (Å²) in [5.41, 5.74) is 0. The van der Waals surface area contributed by atoms with Crippen molar-refractivity contribution in [3.63, 3.8) is 0 Å². The second-order valence-corrected chi connectivity index (χ2v) is 5.24. The van der Waals surface area contributed by atoms with Crippen molar-refractivity contribution in [1.82, 2.24) is 9.80 Å². The third-order valence-electron chi connectivity index (χ3n) is 3.98. The number of nitrogens with zero attached hydrogens (tertiary/aromatic N) is 2. The molecule has 3 unspecified atom stereocenters. The molecule has 0 spiro atoms. The van der Waals surface area contributed by atoms with Gasteiger partial charge in [0.1, 0.15) is 0 Å². The van der Waals surface area contributed by atoms with Crippen molar-refractivity contribution in [3.8, 4) is 0 Å². The molecule has 0 aromatic rings. The molecule has 0 aromatic heterocycles. The summed E-state index contributed by atoms with van der Waals surface area (Å²) in [6.07, 6.45) is 2.38. The molecule has 0 aromatic carbocycles. The van der Waals surface area contributed by atoms with Crippen LogP contribution >= 0.6 is 0 Å². The number of fused-ring (bicyclic) bond motifs is 2. The van der Waals surface area contributed by atoms with Gasteiger partial charge in [0.15, 0.2) is 0 Å². The zero-order valence-corrected chi connectivity index (χ0v) is 9.48. The Morgan fingerprint density at radius 2 is 1.93 bits per heavy atom. The van der Waals surface area contributed by atoms with Gasteiger partial charge in [0.2, 0.25) is 0 Å². The van der Waals surface area contributed by atoms with E-state index in [9.17, 15) is 5.11 Å². The van der Waals surface area contributed by atoms with E-state index < -0.39 is 0 Å². The molecule has 1 heterocycles. The van der Waals surface area contributed by atoms with E-state index in [2.05, 4.69) is 30.9 Å². The number of aliphatic hydroxyl groups excluding tert-OH is 1. The minimum Gasteiger partial charge on any atom is -0.392 e. The fraction of sp³-hybridized carbons (Fsp3) is 1.00. The first-order valence-corrected chi connectivity index (χ1v) is 5.62. The van der Waals surface area contributed by atoms with Gasteiger partial charge in [-0.3, -0.25) is 0 Å². The fourth-order valence-electron chi connectivity index (χ4n) is 3.25. The monoisotopic (exact) mass is 198 g/mol. The summed E-state index contributed by atoms with van der Waals surface area (Å²) in [4.78, 5) is 4.65. The Morgan fingerprint density at radius 1 is 1.21 bits per heavy atom. The summed E-state index contributed by atoms with van der Waals surface area (Å²) in [6, 6.07) is 0.573. The lowest BCUT2D eigenvalue weighted by Crippen LogP contribution is -2.58. The molecule has 2 aliphatic rings. The van der Waals surface area contributed by atoms with E-state index in [0.29, 0.717) is 17.9 Å². The van der Waals surface area contributed by atoms with Crippen molar-refractivity contribution in [2.45, 2.75) is 25.0 Å². The smallest absolute Gasteiger partial charge is 0.0635 e. The maximum Gasteiger partial charge on any atom is 0.0635 e. The van der Waals surface area contributed by atoms with Gasteiger partial charge in [-0.25, -0.2) is 0 Å². The maximum absolute atomic E-state index is 10.2. The van der Waals surface area contributed by atoms with Crippen molar-refractivity contribution >= 4 is 0 Å². The van der Waals surface area contributed by atoms with E-state index in [4.69, 9.17) is 0 Å². The molecule has 1 saturated carbocycles. The first kappa shape index (κ1) is 10.4. The summed E-state index contributed by atoms with van der Waals surface area (Å²) >= 11 is 0. The highest BCUT2D eigenvalue weighted by Gasteiger charge is 2.43. The second kappa shape index (κ2) is 3.80. The Bertz CT molecular complexity index is 207. The molecule has 3 nitrogen and oxygen atoms in total. The largest absolute Gasteiger partial charge is 0.392 e. The molecule has 3 heteroatoms. The van der Waals surface area contributed by atoms with Crippen molar-refractivity contribution in [2.24, 2.45) is 11.8 Å². The fourth-order valence-corrected chi connectivity index (χ4v) is 3.25. The van der Waals surface area contributed by atoms with E-state index in [1.807, 2.05) is 0 Å². The average molecular weight is 198 g/mol. The van der Waals surface area contributed by atoms with Crippen molar-refractivity contribution in [1.29, 1.82) is 0 Å². The van der Waals surface area contributed by atoms with Crippen LogP contribution in [0.5, 0.6) is 0 Å². The highest BCUT2D eigenvalue weighted by atomic mass is 16.3. The molecule has 4 atom stereocenters. The summed E-state index contributed by atoms with van der Waals surface area (Å²) in [7, 11) is 6.43. The summed E-state index contributed by atoms with van der Waals surface area (Å²) in [5.74, 6) is 0.984. The molecule has 2 fully saturated rings. The number of hydrogen-bond donors (Lipinski definition) is 1. The lowest BCUT2D eigenvalue weighted by atomic mass is 9.72. The third-order valence-corrected chi connectivity index (χ3v) is 3.98. The topological polar surface area (TPSA) is 26.7 Å². The highest BCUT2D eigenvalue weighted by Crippen LogP contribution is 2.36. The molecular formula is C11H22N2O. The first-order chi connectivity index (χ1) is 6.59. The van der Waals surface area contributed by atoms with E-state index in [1.165, 1.54) is 12.8 Å². The average Bonchev–Trinajstić information content (AvgIpc) is 2.07. The predicted octanol–water partition coefficient (Wildman–Crippen LogP) is 0.249. The van der Waals surface area contributed by atoms with E-state index in [0.717, 1.165) is 13.1 Å². The Kier molecular flexibility index (Phi) is 2.82. The van der Waals surface area contributed by atoms with Gasteiger partial charge in [-0.15, -0.1) is 0 Å². The van der Waals surface area contributed by atoms with E-state index >= 15 is 0 Å². The molecule has 14 heavy (non-hydrogen) atoms. The van der Waals surface area contributed by atoms with Crippen LogP contribution in [0, 0.1) is 11.8 Å². The highest BCUT2D eigenvalue weighted by molar-refractivity contribution is 4.96. The van der Waals surface area contributed by atoms with Crippen LogP contribution in [-0.4, -0.2) is 61.3 Å². The number of likely N-dealkylation sites (tertiary alicyclic amines) is 1. The Morgan fingerprint density at radius 3 is 2.57 bits per heavy atom.